The van der Waals surface area contributed by atoms with Crippen molar-refractivity contribution >= 4 is 29.0 Å². The Bertz CT molecular complexity index is 1400. The number of amides is 3. The second-order valence-corrected chi connectivity index (χ2v) is 10.3. The molecule has 0 aromatic heterocycles. The van der Waals surface area contributed by atoms with Crippen LogP contribution in [0.3, 0.4) is 0 Å². The van der Waals surface area contributed by atoms with Gasteiger partial charge in [0, 0.05) is 12.0 Å². The maximum atomic E-state index is 14.6. The van der Waals surface area contributed by atoms with Crippen LogP contribution >= 0.6 is 0 Å². The van der Waals surface area contributed by atoms with Crippen LogP contribution in [0.4, 0.5) is 5.69 Å². The molecule has 3 aromatic carbocycles. The number of rotatable bonds is 4. The van der Waals surface area contributed by atoms with Crippen LogP contribution in [0.25, 0.3) is 5.57 Å². The molecule has 2 aliphatic rings. The number of carbonyl (C=O) groups is 3. The van der Waals surface area contributed by atoms with Crippen molar-refractivity contribution in [1.82, 2.24) is 4.90 Å². The largest absolute Gasteiger partial charge is 0.301 e. The Morgan fingerprint density at radius 2 is 1.36 bits per heavy atom. The average molecular weight is 479 g/mol. The summed E-state index contributed by atoms with van der Waals surface area (Å²) in [7, 11) is 0. The minimum absolute atomic E-state index is 0.237. The van der Waals surface area contributed by atoms with Crippen LogP contribution in [0.1, 0.15) is 63.7 Å². The molecule has 0 saturated carbocycles. The minimum atomic E-state index is -0.986. The second kappa shape index (κ2) is 8.59. The monoisotopic (exact) mass is 478 g/mol. The first-order valence-electron chi connectivity index (χ1n) is 12.3. The zero-order chi connectivity index (χ0) is 25.8. The van der Waals surface area contributed by atoms with E-state index in [-0.39, 0.29) is 12.3 Å². The number of hydrogen-bond donors (Lipinski definition) is 0. The van der Waals surface area contributed by atoms with Gasteiger partial charge < -0.3 is 4.90 Å². The highest BCUT2D eigenvalue weighted by molar-refractivity contribution is 6.23. The van der Waals surface area contributed by atoms with Gasteiger partial charge in [-0.2, -0.15) is 0 Å². The molecule has 0 bridgehead atoms. The maximum absolute atomic E-state index is 14.6. The Morgan fingerprint density at radius 1 is 0.806 bits per heavy atom. The van der Waals surface area contributed by atoms with E-state index in [2.05, 4.69) is 26.0 Å². The van der Waals surface area contributed by atoms with Gasteiger partial charge in [0.2, 0.25) is 0 Å². The molecule has 2 aliphatic heterocycles. The third-order valence-electron chi connectivity index (χ3n) is 7.34. The van der Waals surface area contributed by atoms with E-state index >= 15 is 0 Å². The van der Waals surface area contributed by atoms with Gasteiger partial charge in [0.15, 0.2) is 0 Å². The average Bonchev–Trinajstić information content (AvgIpc) is 3.09. The van der Waals surface area contributed by atoms with Gasteiger partial charge in [0.05, 0.1) is 22.4 Å². The molecule has 0 aliphatic carbocycles. The minimum Gasteiger partial charge on any atom is -0.301 e. The lowest BCUT2D eigenvalue weighted by Crippen LogP contribution is -2.58. The first kappa shape index (κ1) is 23.7. The number of anilines is 1. The smallest absolute Gasteiger partial charge is 0.262 e. The van der Waals surface area contributed by atoms with Gasteiger partial charge >= 0.3 is 0 Å². The third-order valence-corrected chi connectivity index (χ3v) is 7.34. The van der Waals surface area contributed by atoms with E-state index in [9.17, 15) is 14.4 Å². The number of aryl methyl sites for hydroxylation is 2. The molecule has 182 valence electrons. The number of hydrogen-bond acceptors (Lipinski definition) is 3. The number of benzene rings is 3. The zero-order valence-electron chi connectivity index (χ0n) is 21.3. The molecule has 2 heterocycles. The molecule has 3 aromatic rings. The number of carbonyl (C=O) groups excluding carboxylic acids is 3. The number of nitrogens with zero attached hydrogens (tertiary/aromatic N) is 2. The molecule has 0 unspecified atom stereocenters. The molecule has 0 spiro atoms. The van der Waals surface area contributed by atoms with Gasteiger partial charge in [-0.15, -0.1) is 0 Å². The highest BCUT2D eigenvalue weighted by atomic mass is 16.2. The van der Waals surface area contributed by atoms with E-state index in [4.69, 9.17) is 0 Å². The standard InChI is InChI=1S/C31H30N2O3/c1-19-15-25-21(3)18-31(4,5)33(26(25)16-20(19)2)30(36)27(17-22-11-7-6-8-12-22)32-28(34)23-13-9-10-14-24(23)29(32)35/h6-16,18,27H,17H2,1-5H3/t27-/m1/s1. The van der Waals surface area contributed by atoms with Gasteiger partial charge in [0.1, 0.15) is 6.04 Å². The van der Waals surface area contributed by atoms with Crippen LogP contribution in [-0.2, 0) is 11.2 Å². The molecule has 36 heavy (non-hydrogen) atoms. The van der Waals surface area contributed by atoms with Gasteiger partial charge in [-0.25, -0.2) is 0 Å². The van der Waals surface area contributed by atoms with E-state index in [1.807, 2.05) is 57.2 Å². The van der Waals surface area contributed by atoms with Crippen molar-refractivity contribution in [3.63, 3.8) is 0 Å². The number of fused-ring (bicyclic) bond motifs is 2. The van der Waals surface area contributed by atoms with Crippen molar-refractivity contribution in [3.8, 4) is 0 Å². The Kier molecular flexibility index (Phi) is 5.67. The molecular formula is C31H30N2O3. The Balaban J connectivity index is 1.65. The van der Waals surface area contributed by atoms with Crippen molar-refractivity contribution < 1.29 is 14.4 Å². The fourth-order valence-corrected chi connectivity index (χ4v) is 5.45. The fourth-order valence-electron chi connectivity index (χ4n) is 5.45. The quantitative estimate of drug-likeness (QED) is 0.450. The topological polar surface area (TPSA) is 57.7 Å². The van der Waals surface area contributed by atoms with Crippen molar-refractivity contribution in [2.24, 2.45) is 0 Å². The van der Waals surface area contributed by atoms with Crippen molar-refractivity contribution in [2.45, 2.75) is 52.6 Å². The SMILES string of the molecule is CC1=CC(C)(C)N(C(=O)[C@@H](Cc2ccccc2)N2C(=O)c3ccccc3C2=O)c2cc(C)c(C)cc21. The normalized spacial score (nSPS) is 17.0. The van der Waals surface area contributed by atoms with Crippen molar-refractivity contribution in [2.75, 3.05) is 4.90 Å². The number of imide groups is 1. The molecule has 5 heteroatoms. The molecule has 1 atom stereocenters. The lowest BCUT2D eigenvalue weighted by atomic mass is 9.86. The van der Waals surface area contributed by atoms with Crippen LogP contribution in [0.5, 0.6) is 0 Å². The van der Waals surface area contributed by atoms with Crippen LogP contribution in [0.2, 0.25) is 0 Å². The van der Waals surface area contributed by atoms with E-state index in [0.717, 1.165) is 33.5 Å². The predicted octanol–water partition coefficient (Wildman–Crippen LogP) is 5.74. The van der Waals surface area contributed by atoms with E-state index in [0.29, 0.717) is 11.1 Å². The molecule has 0 fully saturated rings. The Hall–Kier alpha value is -3.99. The molecule has 0 N–H and O–H groups in total. The lowest BCUT2D eigenvalue weighted by Gasteiger charge is -2.44. The Morgan fingerprint density at radius 3 is 1.97 bits per heavy atom. The predicted molar refractivity (Wildman–Crippen MR) is 142 cm³/mol. The van der Waals surface area contributed by atoms with Gasteiger partial charge in [-0.05, 0) is 81.1 Å². The molecule has 0 radical (unpaired) electrons. The zero-order valence-corrected chi connectivity index (χ0v) is 21.3. The number of allylic oxidation sites excluding steroid dienone is 1. The summed E-state index contributed by atoms with van der Waals surface area (Å²) in [5.74, 6) is -1.12. The summed E-state index contributed by atoms with van der Waals surface area (Å²) in [6.45, 7) is 10.1. The van der Waals surface area contributed by atoms with Gasteiger partial charge in [-0.1, -0.05) is 48.5 Å². The first-order chi connectivity index (χ1) is 17.1. The maximum Gasteiger partial charge on any atom is 0.262 e. The summed E-state index contributed by atoms with van der Waals surface area (Å²) in [5.41, 5.74) is 6.05. The van der Waals surface area contributed by atoms with E-state index < -0.39 is 23.4 Å². The summed E-state index contributed by atoms with van der Waals surface area (Å²) in [6, 6.07) is 19.5. The second-order valence-electron chi connectivity index (χ2n) is 10.3. The summed E-state index contributed by atoms with van der Waals surface area (Å²) in [6.07, 6.45) is 2.32. The van der Waals surface area contributed by atoms with Crippen molar-refractivity contribution in [1.29, 1.82) is 0 Å². The molecule has 0 saturated heterocycles. The van der Waals surface area contributed by atoms with Gasteiger partial charge in [0.25, 0.3) is 17.7 Å². The molecule has 3 amide bonds. The summed E-state index contributed by atoms with van der Waals surface area (Å²) in [5, 5.41) is 0. The van der Waals surface area contributed by atoms with Crippen molar-refractivity contribution in [3.05, 3.63) is 106 Å². The van der Waals surface area contributed by atoms with Crippen LogP contribution in [0.15, 0.2) is 72.8 Å². The fraction of sp³-hybridized carbons (Fsp3) is 0.258. The van der Waals surface area contributed by atoms with E-state index in [1.165, 1.54) is 4.90 Å². The summed E-state index contributed by atoms with van der Waals surface area (Å²) in [4.78, 5) is 44.5. The molecule has 5 nitrogen and oxygen atoms in total. The van der Waals surface area contributed by atoms with Crippen LogP contribution in [0, 0.1) is 13.8 Å². The Labute approximate surface area is 212 Å². The highest BCUT2D eigenvalue weighted by Crippen LogP contribution is 2.41. The molecule has 5 rings (SSSR count). The lowest BCUT2D eigenvalue weighted by molar-refractivity contribution is -0.123. The first-order valence-corrected chi connectivity index (χ1v) is 12.3. The summed E-state index contributed by atoms with van der Waals surface area (Å²) >= 11 is 0. The summed E-state index contributed by atoms with van der Waals surface area (Å²) < 4.78 is 0. The van der Waals surface area contributed by atoms with Gasteiger partial charge in [-0.3, -0.25) is 19.3 Å². The molecular weight excluding hydrogens is 448 g/mol. The highest BCUT2D eigenvalue weighted by Gasteiger charge is 2.47. The van der Waals surface area contributed by atoms with E-state index in [1.54, 1.807) is 29.2 Å². The van der Waals surface area contributed by atoms with Crippen LogP contribution in [-0.4, -0.2) is 34.2 Å². The third kappa shape index (κ3) is 3.76. The van der Waals surface area contributed by atoms with Crippen LogP contribution < -0.4 is 4.90 Å².